The molecule has 0 saturated heterocycles. The number of hydrogen-bond acceptors (Lipinski definition) is 0. The predicted octanol–water partition coefficient (Wildman–Crippen LogP) is 6.16. The maximum atomic E-state index is 11.8. The highest BCUT2D eigenvalue weighted by atomic mass is 79.9. The number of halogens is 4. The maximum absolute atomic E-state index is 11.8. The van der Waals surface area contributed by atoms with Gasteiger partial charge in [0.2, 0.25) is 0 Å². The van der Waals surface area contributed by atoms with Gasteiger partial charge in [0.25, 0.3) is 0 Å². The van der Waals surface area contributed by atoms with Crippen molar-refractivity contribution in [3.05, 3.63) is 45.5 Å². The Labute approximate surface area is 110 Å². The lowest BCUT2D eigenvalue weighted by atomic mass is 10.3. The van der Waals surface area contributed by atoms with Gasteiger partial charge in [0.1, 0.15) is 0 Å². The van der Waals surface area contributed by atoms with Gasteiger partial charge in [-0.05, 0) is 55.8 Å². The minimum absolute atomic E-state index is 0.335. The van der Waals surface area contributed by atoms with E-state index < -0.39 is 5.29 Å². The molecule has 0 amide bonds. The fourth-order valence-electron chi connectivity index (χ4n) is 0.459. The summed E-state index contributed by atoms with van der Waals surface area (Å²) >= 11 is 7.52. The van der Waals surface area contributed by atoms with Crippen LogP contribution in [0.3, 0.4) is 0 Å². The van der Waals surface area contributed by atoms with E-state index in [2.05, 4.69) is 15.9 Å². The molecular formula is C12H16BrClF2. The monoisotopic (exact) mass is 312 g/mol. The normalized spacial score (nSPS) is 11.2. The van der Waals surface area contributed by atoms with Crippen LogP contribution in [-0.4, -0.2) is 0 Å². The second-order valence-electron chi connectivity index (χ2n) is 3.40. The molecule has 0 fully saturated rings. The third-order valence-corrected chi connectivity index (χ3v) is 1.48. The van der Waals surface area contributed by atoms with Crippen LogP contribution in [0.4, 0.5) is 8.78 Å². The van der Waals surface area contributed by atoms with Gasteiger partial charge >= 0.3 is 0 Å². The van der Waals surface area contributed by atoms with Crippen LogP contribution >= 0.6 is 27.5 Å². The smallest absolute Gasteiger partial charge is 0.189 e. The van der Waals surface area contributed by atoms with Gasteiger partial charge in [0, 0.05) is 0 Å². The first-order valence-electron chi connectivity index (χ1n) is 4.58. The zero-order valence-corrected chi connectivity index (χ0v) is 12.2. The third kappa shape index (κ3) is 23.4. The molecule has 0 atom stereocenters. The average Bonchev–Trinajstić information content (AvgIpc) is 2.12. The van der Waals surface area contributed by atoms with Crippen LogP contribution < -0.4 is 0 Å². The van der Waals surface area contributed by atoms with E-state index in [9.17, 15) is 8.78 Å². The summed E-state index contributed by atoms with van der Waals surface area (Å²) in [7, 11) is 0. The molecule has 0 aromatic heterocycles. The SMILES string of the molecule is CC(C)=CC=C(F)Br.CC(C)=CC=C(F)Cl. The fourth-order valence-corrected chi connectivity index (χ4v) is 0.654. The van der Waals surface area contributed by atoms with Crippen molar-refractivity contribution in [1.29, 1.82) is 0 Å². The standard InChI is InChI=1S/C6H8BrF.C6H8ClF/c2*1-5(2)3-4-6(7)8/h2*3-4H,1-2H3. The first-order chi connectivity index (χ1) is 7.25. The molecule has 0 bridgehead atoms. The summed E-state index contributed by atoms with van der Waals surface area (Å²) in [6, 6.07) is 0. The van der Waals surface area contributed by atoms with Crippen LogP contribution in [-0.2, 0) is 0 Å². The van der Waals surface area contributed by atoms with Crippen LogP contribution in [0.2, 0.25) is 0 Å². The molecule has 0 aromatic carbocycles. The van der Waals surface area contributed by atoms with E-state index in [-0.39, 0.29) is 4.74 Å². The van der Waals surface area contributed by atoms with Crippen molar-refractivity contribution in [2.45, 2.75) is 27.7 Å². The lowest BCUT2D eigenvalue weighted by molar-refractivity contribution is 0.695. The molecule has 4 heteroatoms. The topological polar surface area (TPSA) is 0 Å². The Hall–Kier alpha value is -0.410. The molecule has 0 N–H and O–H groups in total. The van der Waals surface area contributed by atoms with E-state index in [1.807, 2.05) is 27.7 Å². The second-order valence-corrected chi connectivity index (χ2v) is 4.52. The summed E-state index contributed by atoms with van der Waals surface area (Å²) in [5.41, 5.74) is 2.11. The van der Waals surface area contributed by atoms with Crippen molar-refractivity contribution in [3.8, 4) is 0 Å². The Kier molecular flexibility index (Phi) is 12.5. The molecule has 0 saturated carbocycles. The van der Waals surface area contributed by atoms with Gasteiger partial charge in [-0.15, -0.1) is 0 Å². The van der Waals surface area contributed by atoms with Gasteiger partial charge in [-0.2, -0.15) is 8.78 Å². The molecule has 0 spiro atoms. The molecular weight excluding hydrogens is 297 g/mol. The second kappa shape index (κ2) is 11.1. The molecule has 0 rings (SSSR count). The Balaban J connectivity index is 0. The summed E-state index contributed by atoms with van der Waals surface area (Å²) in [4.78, 5) is 0. The van der Waals surface area contributed by atoms with Crippen LogP contribution in [0.25, 0.3) is 0 Å². The van der Waals surface area contributed by atoms with Crippen LogP contribution in [0.1, 0.15) is 27.7 Å². The fraction of sp³-hybridized carbons (Fsp3) is 0.333. The van der Waals surface area contributed by atoms with Gasteiger partial charge in [0.05, 0.1) is 0 Å². The molecule has 0 aliphatic rings. The van der Waals surface area contributed by atoms with Gasteiger partial charge in [0.15, 0.2) is 10.0 Å². The van der Waals surface area contributed by atoms with Crippen molar-refractivity contribution in [2.24, 2.45) is 0 Å². The minimum Gasteiger partial charge on any atom is -0.199 e. The lowest BCUT2D eigenvalue weighted by Crippen LogP contribution is -1.59. The highest BCUT2D eigenvalue weighted by Crippen LogP contribution is 2.05. The Morgan fingerprint density at radius 2 is 1.25 bits per heavy atom. The van der Waals surface area contributed by atoms with Gasteiger partial charge in [-0.3, -0.25) is 0 Å². The Morgan fingerprint density at radius 1 is 0.875 bits per heavy atom. The largest absolute Gasteiger partial charge is 0.199 e. The Bertz CT molecular complexity index is 235. The molecule has 0 radical (unpaired) electrons. The summed E-state index contributed by atoms with van der Waals surface area (Å²) in [6.45, 7) is 7.56. The Morgan fingerprint density at radius 3 is 1.38 bits per heavy atom. The molecule has 0 nitrogen and oxygen atoms in total. The van der Waals surface area contributed by atoms with E-state index in [1.54, 1.807) is 12.2 Å². The number of allylic oxidation sites excluding steroid dienone is 6. The summed E-state index contributed by atoms with van der Waals surface area (Å²) in [5, 5.41) is -0.675. The number of rotatable bonds is 2. The molecule has 0 aliphatic heterocycles. The van der Waals surface area contributed by atoms with Crippen molar-refractivity contribution in [1.82, 2.24) is 0 Å². The van der Waals surface area contributed by atoms with Gasteiger partial charge < -0.3 is 0 Å². The van der Waals surface area contributed by atoms with Crippen LogP contribution in [0, 0.1) is 0 Å². The first-order valence-corrected chi connectivity index (χ1v) is 5.75. The molecule has 16 heavy (non-hydrogen) atoms. The maximum Gasteiger partial charge on any atom is 0.189 e. The number of hydrogen-bond donors (Lipinski definition) is 0. The quantitative estimate of drug-likeness (QED) is 0.535. The molecule has 0 aliphatic carbocycles. The minimum atomic E-state index is -0.675. The first kappa shape index (κ1) is 18.0. The van der Waals surface area contributed by atoms with E-state index in [0.717, 1.165) is 11.1 Å². The highest BCUT2D eigenvalue weighted by Gasteiger charge is 1.79. The summed E-state index contributed by atoms with van der Waals surface area (Å²) in [5.74, 6) is 0. The van der Waals surface area contributed by atoms with E-state index in [4.69, 9.17) is 11.6 Å². The summed E-state index contributed by atoms with van der Waals surface area (Å²) in [6.07, 6.45) is 5.90. The van der Waals surface area contributed by atoms with E-state index >= 15 is 0 Å². The third-order valence-electron chi connectivity index (χ3n) is 1.09. The zero-order chi connectivity index (χ0) is 13.1. The lowest BCUT2D eigenvalue weighted by Gasteiger charge is -1.80. The van der Waals surface area contributed by atoms with E-state index in [1.165, 1.54) is 12.2 Å². The van der Waals surface area contributed by atoms with Crippen molar-refractivity contribution in [2.75, 3.05) is 0 Å². The van der Waals surface area contributed by atoms with Gasteiger partial charge in [-0.1, -0.05) is 34.9 Å². The molecule has 0 aromatic rings. The summed E-state index contributed by atoms with van der Waals surface area (Å²) < 4.78 is 23.1. The van der Waals surface area contributed by atoms with Crippen LogP contribution in [0.5, 0.6) is 0 Å². The van der Waals surface area contributed by atoms with Crippen molar-refractivity contribution >= 4 is 27.5 Å². The van der Waals surface area contributed by atoms with Crippen LogP contribution in [0.15, 0.2) is 45.5 Å². The predicted molar refractivity (Wildman–Crippen MR) is 72.0 cm³/mol. The molecule has 0 unspecified atom stereocenters. The molecule has 0 heterocycles. The highest BCUT2D eigenvalue weighted by molar-refractivity contribution is 9.11. The average molecular weight is 314 g/mol. The zero-order valence-electron chi connectivity index (χ0n) is 9.82. The van der Waals surface area contributed by atoms with Crippen molar-refractivity contribution in [3.63, 3.8) is 0 Å². The van der Waals surface area contributed by atoms with Gasteiger partial charge in [-0.25, -0.2) is 0 Å². The van der Waals surface area contributed by atoms with E-state index in [0.29, 0.717) is 0 Å². The van der Waals surface area contributed by atoms with Crippen molar-refractivity contribution < 1.29 is 8.78 Å². The molecule has 92 valence electrons.